The summed E-state index contributed by atoms with van der Waals surface area (Å²) in [6, 6.07) is 2.49. The van der Waals surface area contributed by atoms with Gasteiger partial charge in [-0.3, -0.25) is 0 Å². The number of pyridine rings is 1. The van der Waals surface area contributed by atoms with E-state index in [1.165, 1.54) is 12.1 Å². The molecule has 0 amide bonds. The zero-order valence-corrected chi connectivity index (χ0v) is 15.3. The Morgan fingerprint density at radius 3 is 2.72 bits per heavy atom. The summed E-state index contributed by atoms with van der Waals surface area (Å²) >= 11 is 23.4. The van der Waals surface area contributed by atoms with E-state index in [9.17, 15) is 9.18 Å². The molecular formula is C15H8Cl4FNO4. The Morgan fingerprint density at radius 2 is 1.96 bits per heavy atom. The number of rotatable bonds is 3. The van der Waals surface area contributed by atoms with Gasteiger partial charge in [-0.1, -0.05) is 46.4 Å². The Morgan fingerprint density at radius 1 is 1.20 bits per heavy atom. The third kappa shape index (κ3) is 3.78. The number of carbonyl (C=O) groups is 1. The number of hydrogen-bond acceptors (Lipinski definition) is 5. The van der Waals surface area contributed by atoms with Crippen molar-refractivity contribution in [2.45, 2.75) is 13.2 Å². The monoisotopic (exact) mass is 425 g/mol. The first-order valence-electron chi connectivity index (χ1n) is 6.77. The lowest BCUT2D eigenvalue weighted by Gasteiger charge is -2.20. The Kier molecular flexibility index (Phi) is 5.55. The summed E-state index contributed by atoms with van der Waals surface area (Å²) in [4.78, 5) is 16.0. The minimum atomic E-state index is -0.893. The van der Waals surface area contributed by atoms with Crippen LogP contribution in [0.25, 0.3) is 0 Å². The number of fused-ring (bicyclic) bond motifs is 1. The summed E-state index contributed by atoms with van der Waals surface area (Å²) in [6.45, 7) is -0.0476. The number of halogens is 5. The SMILES string of the molecule is O=C(OCc1cc(F)cc2c1OCOC2)c1nc(Cl)c(Cl)c(Cl)c1Cl. The molecule has 132 valence electrons. The molecule has 2 heterocycles. The summed E-state index contributed by atoms with van der Waals surface area (Å²) in [6.07, 6.45) is 0. The second-order valence-corrected chi connectivity index (χ2v) is 6.43. The highest BCUT2D eigenvalue weighted by Crippen LogP contribution is 2.36. The average Bonchev–Trinajstić information content (AvgIpc) is 2.60. The van der Waals surface area contributed by atoms with E-state index in [0.717, 1.165) is 0 Å². The maximum absolute atomic E-state index is 13.7. The van der Waals surface area contributed by atoms with Gasteiger partial charge in [0, 0.05) is 11.1 Å². The van der Waals surface area contributed by atoms with Crippen molar-refractivity contribution in [3.8, 4) is 5.75 Å². The minimum absolute atomic E-state index is 0.0232. The normalized spacial score (nSPS) is 13.2. The van der Waals surface area contributed by atoms with Crippen molar-refractivity contribution in [3.05, 3.63) is 55.0 Å². The topological polar surface area (TPSA) is 57.7 Å². The van der Waals surface area contributed by atoms with Gasteiger partial charge < -0.3 is 14.2 Å². The maximum atomic E-state index is 13.7. The van der Waals surface area contributed by atoms with Crippen molar-refractivity contribution in [1.29, 1.82) is 0 Å². The molecule has 0 bridgehead atoms. The number of carbonyl (C=O) groups excluding carboxylic acids is 1. The van der Waals surface area contributed by atoms with Gasteiger partial charge in [0.2, 0.25) is 0 Å². The Balaban J connectivity index is 1.83. The fourth-order valence-corrected chi connectivity index (χ4v) is 3.00. The summed E-state index contributed by atoms with van der Waals surface area (Å²) in [5.74, 6) is -0.991. The molecule has 1 aliphatic heterocycles. The summed E-state index contributed by atoms with van der Waals surface area (Å²) in [5, 5.41) is -0.560. The van der Waals surface area contributed by atoms with Gasteiger partial charge >= 0.3 is 5.97 Å². The maximum Gasteiger partial charge on any atom is 0.358 e. The highest BCUT2D eigenvalue weighted by molar-refractivity contribution is 6.52. The zero-order chi connectivity index (χ0) is 18.1. The molecule has 0 aliphatic carbocycles. The van der Waals surface area contributed by atoms with Gasteiger partial charge in [0.25, 0.3) is 0 Å². The number of aromatic nitrogens is 1. The number of benzene rings is 1. The van der Waals surface area contributed by atoms with Gasteiger partial charge in [-0.2, -0.15) is 0 Å². The molecule has 0 N–H and O–H groups in total. The molecule has 0 spiro atoms. The molecule has 1 aliphatic rings. The Bertz CT molecular complexity index is 862. The first-order valence-corrected chi connectivity index (χ1v) is 8.28. The lowest BCUT2D eigenvalue weighted by molar-refractivity contribution is -0.0183. The summed E-state index contributed by atoms with van der Waals surface area (Å²) in [5.41, 5.74) is 0.565. The molecule has 0 radical (unpaired) electrons. The van der Waals surface area contributed by atoms with E-state index in [4.69, 9.17) is 60.6 Å². The van der Waals surface area contributed by atoms with Crippen molar-refractivity contribution < 1.29 is 23.4 Å². The van der Waals surface area contributed by atoms with Crippen molar-refractivity contribution in [1.82, 2.24) is 4.98 Å². The number of esters is 1. The van der Waals surface area contributed by atoms with Crippen LogP contribution in [-0.4, -0.2) is 17.7 Å². The van der Waals surface area contributed by atoms with Crippen molar-refractivity contribution in [3.63, 3.8) is 0 Å². The lowest BCUT2D eigenvalue weighted by Crippen LogP contribution is -2.15. The fourth-order valence-electron chi connectivity index (χ4n) is 2.20. The van der Waals surface area contributed by atoms with E-state index < -0.39 is 11.8 Å². The van der Waals surface area contributed by atoms with Crippen LogP contribution in [0.4, 0.5) is 4.39 Å². The molecule has 0 unspecified atom stereocenters. The fraction of sp³-hybridized carbons (Fsp3) is 0.200. The molecule has 25 heavy (non-hydrogen) atoms. The molecule has 1 aromatic carbocycles. The average molecular weight is 427 g/mol. The Hall–Kier alpha value is -1.31. The smallest absolute Gasteiger partial charge is 0.358 e. The van der Waals surface area contributed by atoms with Gasteiger partial charge in [0.15, 0.2) is 12.5 Å². The largest absolute Gasteiger partial charge is 0.467 e. The Labute approximate surface area is 161 Å². The zero-order valence-electron chi connectivity index (χ0n) is 12.2. The van der Waals surface area contributed by atoms with Gasteiger partial charge in [-0.25, -0.2) is 14.2 Å². The van der Waals surface area contributed by atoms with Crippen LogP contribution in [0.15, 0.2) is 12.1 Å². The molecule has 10 heteroatoms. The number of ether oxygens (including phenoxy) is 3. The van der Waals surface area contributed by atoms with Crippen LogP contribution < -0.4 is 4.74 Å². The first-order chi connectivity index (χ1) is 11.9. The van der Waals surface area contributed by atoms with E-state index in [1.807, 2.05) is 0 Å². The van der Waals surface area contributed by atoms with Gasteiger partial charge in [-0.15, -0.1) is 0 Å². The predicted molar refractivity (Wildman–Crippen MR) is 90.1 cm³/mol. The highest BCUT2D eigenvalue weighted by atomic mass is 35.5. The van der Waals surface area contributed by atoms with E-state index in [1.54, 1.807) is 0 Å². The summed E-state index contributed by atoms with van der Waals surface area (Å²) in [7, 11) is 0. The third-order valence-corrected chi connectivity index (χ3v) is 4.97. The van der Waals surface area contributed by atoms with Gasteiger partial charge in [0.1, 0.15) is 23.3 Å². The quantitative estimate of drug-likeness (QED) is 0.507. The van der Waals surface area contributed by atoms with E-state index in [0.29, 0.717) is 16.9 Å². The van der Waals surface area contributed by atoms with Crippen LogP contribution in [0.1, 0.15) is 21.6 Å². The van der Waals surface area contributed by atoms with Crippen molar-refractivity contribution in [2.75, 3.05) is 6.79 Å². The number of hydrogen-bond donors (Lipinski definition) is 0. The first kappa shape index (κ1) is 18.5. The van der Waals surface area contributed by atoms with Gasteiger partial charge in [0.05, 0.1) is 21.7 Å². The molecule has 2 aromatic rings. The second kappa shape index (κ2) is 7.51. The standard InChI is InChI=1S/C15H8Cl4FNO4/c16-9-10(17)12(21-14(19)11(9)18)15(22)24-4-7-2-8(20)1-6-3-23-5-25-13(6)7/h1-2H,3-5H2. The molecule has 0 saturated heterocycles. The van der Waals surface area contributed by atoms with Crippen LogP contribution in [0.3, 0.4) is 0 Å². The lowest BCUT2D eigenvalue weighted by atomic mass is 10.1. The predicted octanol–water partition coefficient (Wildman–Crippen LogP) is 5.06. The van der Waals surface area contributed by atoms with Crippen molar-refractivity contribution in [2.24, 2.45) is 0 Å². The van der Waals surface area contributed by atoms with Crippen molar-refractivity contribution >= 4 is 52.4 Å². The number of nitrogens with zero attached hydrogens (tertiary/aromatic N) is 1. The molecular weight excluding hydrogens is 419 g/mol. The van der Waals surface area contributed by atoms with Crippen LogP contribution in [-0.2, 0) is 22.7 Å². The molecule has 1 aromatic heterocycles. The van der Waals surface area contributed by atoms with Gasteiger partial charge in [-0.05, 0) is 12.1 Å². The molecule has 0 fully saturated rings. The molecule has 5 nitrogen and oxygen atoms in total. The van der Waals surface area contributed by atoms with E-state index >= 15 is 0 Å². The van der Waals surface area contributed by atoms with Crippen LogP contribution >= 0.6 is 46.4 Å². The van der Waals surface area contributed by atoms with Crippen LogP contribution in [0.2, 0.25) is 20.2 Å². The van der Waals surface area contributed by atoms with Crippen LogP contribution in [0, 0.1) is 5.82 Å². The molecule has 0 atom stereocenters. The minimum Gasteiger partial charge on any atom is -0.467 e. The summed E-state index contributed by atoms with van der Waals surface area (Å²) < 4.78 is 29.2. The van der Waals surface area contributed by atoms with E-state index in [2.05, 4.69) is 4.98 Å². The van der Waals surface area contributed by atoms with E-state index in [-0.39, 0.29) is 45.9 Å². The molecule has 0 saturated carbocycles. The molecule has 3 rings (SSSR count). The van der Waals surface area contributed by atoms with Crippen LogP contribution in [0.5, 0.6) is 5.75 Å². The third-order valence-electron chi connectivity index (χ3n) is 3.29. The highest BCUT2D eigenvalue weighted by Gasteiger charge is 2.23. The second-order valence-electron chi connectivity index (χ2n) is 4.93.